The third-order valence-electron chi connectivity index (χ3n) is 3.00. The van der Waals surface area contributed by atoms with Gasteiger partial charge in [0.15, 0.2) is 0 Å². The topological polar surface area (TPSA) is 68.0 Å². The first-order valence-corrected chi connectivity index (χ1v) is 5.75. The van der Waals surface area contributed by atoms with Gasteiger partial charge in [-0.25, -0.2) is 0 Å². The van der Waals surface area contributed by atoms with Gasteiger partial charge in [-0.2, -0.15) is 0 Å². The second-order valence-electron chi connectivity index (χ2n) is 5.46. The number of carbonyl (C=O) groups excluding carboxylic acids is 1. The lowest BCUT2D eigenvalue weighted by atomic mass is 9.88. The Bertz CT molecular complexity index is 421. The van der Waals surface area contributed by atoms with E-state index in [-0.39, 0.29) is 17.4 Å². The van der Waals surface area contributed by atoms with Crippen molar-refractivity contribution in [2.45, 2.75) is 40.7 Å². The number of amides is 1. The van der Waals surface area contributed by atoms with Crippen LogP contribution in [0.4, 0.5) is 5.69 Å². The summed E-state index contributed by atoms with van der Waals surface area (Å²) in [5, 5.41) is 2.97. The molecule has 1 rings (SSSR count). The van der Waals surface area contributed by atoms with Gasteiger partial charge >= 0.3 is 0 Å². The van der Waals surface area contributed by atoms with Crippen molar-refractivity contribution in [2.24, 2.45) is 5.41 Å². The molecule has 17 heavy (non-hydrogen) atoms. The van der Waals surface area contributed by atoms with Gasteiger partial charge in [0.05, 0.1) is 23.1 Å². The summed E-state index contributed by atoms with van der Waals surface area (Å²) in [4.78, 5) is 16.2. The fourth-order valence-electron chi connectivity index (χ4n) is 1.27. The number of aromatic nitrogens is 1. The number of nitrogens with one attached hydrogen (secondary N) is 1. The SMILES string of the molecule is Cc1ncc(N)cc1C(=O)NC(C)C(C)(C)C. The number of rotatable bonds is 2. The number of nitrogens with two attached hydrogens (primary N) is 1. The molecule has 0 bridgehead atoms. The summed E-state index contributed by atoms with van der Waals surface area (Å²) in [6, 6.07) is 1.74. The number of anilines is 1. The molecule has 4 heteroatoms. The first-order valence-electron chi connectivity index (χ1n) is 5.75. The van der Waals surface area contributed by atoms with Crippen molar-refractivity contribution in [1.82, 2.24) is 10.3 Å². The summed E-state index contributed by atoms with van der Waals surface area (Å²) in [7, 11) is 0. The van der Waals surface area contributed by atoms with E-state index in [0.717, 1.165) is 0 Å². The van der Waals surface area contributed by atoms with Crippen molar-refractivity contribution in [1.29, 1.82) is 0 Å². The minimum Gasteiger partial charge on any atom is -0.397 e. The van der Waals surface area contributed by atoms with Crippen LogP contribution in [0.2, 0.25) is 0 Å². The second kappa shape index (κ2) is 4.73. The third-order valence-corrected chi connectivity index (χ3v) is 3.00. The maximum atomic E-state index is 12.1. The highest BCUT2D eigenvalue weighted by Crippen LogP contribution is 2.19. The first kappa shape index (κ1) is 13.5. The van der Waals surface area contributed by atoms with Crippen LogP contribution in [-0.4, -0.2) is 16.9 Å². The molecule has 94 valence electrons. The molecule has 0 fully saturated rings. The second-order valence-corrected chi connectivity index (χ2v) is 5.46. The summed E-state index contributed by atoms with van der Waals surface area (Å²) in [6.07, 6.45) is 1.55. The van der Waals surface area contributed by atoms with Crippen molar-refractivity contribution in [3.8, 4) is 0 Å². The van der Waals surface area contributed by atoms with Gasteiger partial charge in [0.2, 0.25) is 0 Å². The van der Waals surface area contributed by atoms with E-state index in [9.17, 15) is 4.79 Å². The molecule has 0 aliphatic carbocycles. The Morgan fingerprint density at radius 2 is 2.06 bits per heavy atom. The van der Waals surface area contributed by atoms with Crippen molar-refractivity contribution in [3.05, 3.63) is 23.5 Å². The van der Waals surface area contributed by atoms with Gasteiger partial charge in [-0.3, -0.25) is 9.78 Å². The maximum absolute atomic E-state index is 12.1. The minimum atomic E-state index is -0.121. The lowest BCUT2D eigenvalue weighted by Crippen LogP contribution is -2.41. The lowest BCUT2D eigenvalue weighted by molar-refractivity contribution is 0.0909. The number of carbonyl (C=O) groups is 1. The van der Waals surface area contributed by atoms with Crippen LogP contribution in [0.25, 0.3) is 0 Å². The monoisotopic (exact) mass is 235 g/mol. The average molecular weight is 235 g/mol. The lowest BCUT2D eigenvalue weighted by Gasteiger charge is -2.28. The molecule has 1 atom stereocenters. The van der Waals surface area contributed by atoms with Crippen LogP contribution in [-0.2, 0) is 0 Å². The van der Waals surface area contributed by atoms with E-state index >= 15 is 0 Å². The normalized spacial score (nSPS) is 13.2. The number of aryl methyl sites for hydroxylation is 1. The Balaban J connectivity index is 2.87. The van der Waals surface area contributed by atoms with E-state index in [1.807, 2.05) is 6.92 Å². The Labute approximate surface area is 103 Å². The molecule has 1 amide bonds. The Morgan fingerprint density at radius 3 is 2.59 bits per heavy atom. The van der Waals surface area contributed by atoms with Crippen LogP contribution in [0.5, 0.6) is 0 Å². The minimum absolute atomic E-state index is 0.0251. The summed E-state index contributed by atoms with van der Waals surface area (Å²) >= 11 is 0. The number of hydrogen-bond acceptors (Lipinski definition) is 3. The fraction of sp³-hybridized carbons (Fsp3) is 0.538. The van der Waals surface area contributed by atoms with E-state index in [1.54, 1.807) is 19.2 Å². The molecule has 0 aliphatic rings. The van der Waals surface area contributed by atoms with E-state index in [2.05, 4.69) is 31.1 Å². The first-order chi connectivity index (χ1) is 7.71. The highest BCUT2D eigenvalue weighted by atomic mass is 16.1. The zero-order valence-electron chi connectivity index (χ0n) is 11.2. The van der Waals surface area contributed by atoms with E-state index < -0.39 is 0 Å². The molecular formula is C13H21N3O. The van der Waals surface area contributed by atoms with Crippen molar-refractivity contribution in [2.75, 3.05) is 5.73 Å². The molecule has 1 unspecified atom stereocenters. The van der Waals surface area contributed by atoms with Crippen LogP contribution in [0.1, 0.15) is 43.7 Å². The molecule has 0 saturated carbocycles. The van der Waals surface area contributed by atoms with E-state index in [4.69, 9.17) is 5.73 Å². The Morgan fingerprint density at radius 1 is 1.47 bits per heavy atom. The van der Waals surface area contributed by atoms with Crippen LogP contribution < -0.4 is 11.1 Å². The quantitative estimate of drug-likeness (QED) is 0.825. The molecule has 0 radical (unpaired) electrons. The molecule has 1 aromatic heterocycles. The van der Waals surface area contributed by atoms with Crippen molar-refractivity contribution in [3.63, 3.8) is 0 Å². The van der Waals surface area contributed by atoms with Crippen LogP contribution in [0.15, 0.2) is 12.3 Å². The van der Waals surface area contributed by atoms with Gasteiger partial charge in [-0.1, -0.05) is 20.8 Å². The van der Waals surface area contributed by atoms with Gasteiger partial charge < -0.3 is 11.1 Å². The van der Waals surface area contributed by atoms with Crippen LogP contribution in [0.3, 0.4) is 0 Å². The predicted molar refractivity (Wildman–Crippen MR) is 69.8 cm³/mol. The van der Waals surface area contributed by atoms with Crippen LogP contribution in [0, 0.1) is 12.3 Å². The Kier molecular flexibility index (Phi) is 3.76. The highest BCUT2D eigenvalue weighted by molar-refractivity contribution is 5.96. The highest BCUT2D eigenvalue weighted by Gasteiger charge is 2.22. The van der Waals surface area contributed by atoms with Crippen molar-refractivity contribution < 1.29 is 4.79 Å². The molecule has 0 aromatic carbocycles. The zero-order chi connectivity index (χ0) is 13.2. The average Bonchev–Trinajstić information content (AvgIpc) is 2.20. The van der Waals surface area contributed by atoms with Crippen LogP contribution >= 0.6 is 0 Å². The number of nitrogen functional groups attached to an aromatic ring is 1. The molecule has 0 aliphatic heterocycles. The van der Waals surface area contributed by atoms with Crippen molar-refractivity contribution >= 4 is 11.6 Å². The molecule has 0 saturated heterocycles. The van der Waals surface area contributed by atoms with Gasteiger partial charge in [0.1, 0.15) is 0 Å². The van der Waals surface area contributed by atoms with Gasteiger partial charge in [-0.15, -0.1) is 0 Å². The summed E-state index contributed by atoms with van der Waals surface area (Å²) in [6.45, 7) is 10.1. The zero-order valence-corrected chi connectivity index (χ0v) is 11.2. The molecular weight excluding hydrogens is 214 g/mol. The molecule has 3 N–H and O–H groups in total. The smallest absolute Gasteiger partial charge is 0.253 e. The summed E-state index contributed by atoms with van der Waals surface area (Å²) in [5.74, 6) is -0.121. The van der Waals surface area contributed by atoms with E-state index in [1.165, 1.54) is 0 Å². The molecule has 1 heterocycles. The summed E-state index contributed by atoms with van der Waals surface area (Å²) in [5.41, 5.74) is 7.40. The number of nitrogens with zero attached hydrogens (tertiary/aromatic N) is 1. The number of hydrogen-bond donors (Lipinski definition) is 2. The standard InChI is InChI=1S/C13H21N3O/c1-8-11(6-10(14)7-15-8)12(17)16-9(2)13(3,4)5/h6-7,9H,14H2,1-5H3,(H,16,17). The number of pyridine rings is 1. The van der Waals surface area contributed by atoms with Gasteiger partial charge in [-0.05, 0) is 25.3 Å². The Hall–Kier alpha value is -1.58. The predicted octanol–water partition coefficient (Wildman–Crippen LogP) is 2.14. The summed E-state index contributed by atoms with van der Waals surface area (Å²) < 4.78 is 0. The molecule has 0 spiro atoms. The third kappa shape index (κ3) is 3.44. The van der Waals surface area contributed by atoms with E-state index in [0.29, 0.717) is 16.9 Å². The fourth-order valence-corrected chi connectivity index (χ4v) is 1.27. The molecule has 1 aromatic rings. The van der Waals surface area contributed by atoms with Gasteiger partial charge in [0.25, 0.3) is 5.91 Å². The van der Waals surface area contributed by atoms with Gasteiger partial charge in [0, 0.05) is 6.04 Å². The molecule has 4 nitrogen and oxygen atoms in total. The maximum Gasteiger partial charge on any atom is 0.253 e. The largest absolute Gasteiger partial charge is 0.397 e.